The molecule has 0 aliphatic rings. The van der Waals surface area contributed by atoms with Crippen LogP contribution in [0.5, 0.6) is 5.75 Å². The van der Waals surface area contributed by atoms with E-state index in [1.165, 1.54) is 6.42 Å². The van der Waals surface area contributed by atoms with Crippen molar-refractivity contribution in [3.63, 3.8) is 0 Å². The number of nitrogens with one attached hydrogen (secondary N) is 1. The van der Waals surface area contributed by atoms with Crippen LogP contribution in [-0.4, -0.2) is 32.9 Å². The Morgan fingerprint density at radius 1 is 1.16 bits per heavy atom. The minimum Gasteiger partial charge on any atom is -0.491 e. The molecule has 0 aromatic heterocycles. The van der Waals surface area contributed by atoms with Crippen LogP contribution in [-0.2, 0) is 4.74 Å². The quantitative estimate of drug-likeness (QED) is 0.668. The van der Waals surface area contributed by atoms with Gasteiger partial charge in [0.25, 0.3) is 0 Å². The van der Waals surface area contributed by atoms with Crippen LogP contribution in [0.3, 0.4) is 0 Å². The first-order valence-electron chi connectivity index (χ1n) is 6.91. The second-order valence-electron chi connectivity index (χ2n) is 4.50. The number of halogens is 1. The van der Waals surface area contributed by atoms with Crippen molar-refractivity contribution in [2.24, 2.45) is 0 Å². The van der Waals surface area contributed by atoms with Gasteiger partial charge in [-0.1, -0.05) is 31.0 Å². The lowest BCUT2D eigenvalue weighted by Crippen LogP contribution is -2.25. The number of benzene rings is 1. The highest BCUT2D eigenvalue weighted by Gasteiger charge is 2.00. The van der Waals surface area contributed by atoms with Gasteiger partial charge in [-0.3, -0.25) is 0 Å². The maximum Gasteiger partial charge on any atom is 0.137 e. The maximum absolute atomic E-state index is 6.08. The van der Waals surface area contributed by atoms with Crippen LogP contribution in [0, 0.1) is 6.92 Å². The monoisotopic (exact) mass is 285 g/mol. The number of rotatable bonds is 10. The molecule has 108 valence electrons. The highest BCUT2D eigenvalue weighted by Crippen LogP contribution is 2.24. The van der Waals surface area contributed by atoms with Crippen LogP contribution in [0.15, 0.2) is 18.2 Å². The molecule has 1 aromatic carbocycles. The third-order valence-electron chi connectivity index (χ3n) is 2.69. The van der Waals surface area contributed by atoms with Crippen LogP contribution in [0.4, 0.5) is 0 Å². The van der Waals surface area contributed by atoms with Gasteiger partial charge >= 0.3 is 0 Å². The molecule has 3 nitrogen and oxygen atoms in total. The molecule has 0 aliphatic carbocycles. The molecule has 0 amide bonds. The van der Waals surface area contributed by atoms with Gasteiger partial charge in [-0.2, -0.15) is 0 Å². The molecule has 19 heavy (non-hydrogen) atoms. The Bertz CT molecular complexity index is 358. The Kier molecular flexibility index (Phi) is 8.63. The van der Waals surface area contributed by atoms with Crippen molar-refractivity contribution in [3.8, 4) is 5.75 Å². The molecule has 0 fully saturated rings. The molecule has 0 radical (unpaired) electrons. The van der Waals surface area contributed by atoms with Gasteiger partial charge in [-0.15, -0.1) is 0 Å². The molecule has 0 saturated carbocycles. The molecule has 0 aliphatic heterocycles. The average molecular weight is 286 g/mol. The summed E-state index contributed by atoms with van der Waals surface area (Å²) in [6.45, 7) is 8.04. The number of hydrogen-bond donors (Lipinski definition) is 1. The molecule has 4 heteroatoms. The first kappa shape index (κ1) is 16.3. The van der Waals surface area contributed by atoms with Crippen LogP contribution in [0.2, 0.25) is 5.02 Å². The summed E-state index contributed by atoms with van der Waals surface area (Å²) in [5, 5.41) is 3.94. The van der Waals surface area contributed by atoms with E-state index in [1.807, 2.05) is 25.1 Å². The van der Waals surface area contributed by atoms with Gasteiger partial charge in [-0.05, 0) is 31.0 Å². The first-order chi connectivity index (χ1) is 9.24. The molecule has 1 aromatic rings. The molecular weight excluding hydrogens is 262 g/mol. The normalized spacial score (nSPS) is 10.7. The molecular formula is C15H24ClNO2. The van der Waals surface area contributed by atoms with E-state index in [0.29, 0.717) is 11.6 Å². The number of unbranched alkanes of at least 4 members (excludes halogenated alkanes) is 1. The largest absolute Gasteiger partial charge is 0.491 e. The van der Waals surface area contributed by atoms with E-state index in [1.54, 1.807) is 0 Å². The van der Waals surface area contributed by atoms with Crippen molar-refractivity contribution in [2.45, 2.75) is 26.7 Å². The minimum absolute atomic E-state index is 0.609. The van der Waals surface area contributed by atoms with E-state index in [0.717, 1.165) is 44.0 Å². The van der Waals surface area contributed by atoms with Crippen LogP contribution in [0.25, 0.3) is 0 Å². The Morgan fingerprint density at radius 3 is 2.68 bits per heavy atom. The third kappa shape index (κ3) is 7.41. The summed E-state index contributed by atoms with van der Waals surface area (Å²) in [6, 6.07) is 5.81. The van der Waals surface area contributed by atoms with E-state index in [-0.39, 0.29) is 0 Å². The van der Waals surface area contributed by atoms with Gasteiger partial charge in [0.05, 0.1) is 11.6 Å². The predicted octanol–water partition coefficient (Wildman–Crippen LogP) is 3.43. The lowest BCUT2D eigenvalue weighted by atomic mass is 10.2. The van der Waals surface area contributed by atoms with Crippen molar-refractivity contribution in [1.29, 1.82) is 0 Å². The molecule has 0 saturated heterocycles. The molecule has 0 unspecified atom stereocenters. The van der Waals surface area contributed by atoms with Gasteiger partial charge in [0.2, 0.25) is 0 Å². The number of aryl methyl sites for hydroxylation is 1. The zero-order chi connectivity index (χ0) is 13.9. The zero-order valence-electron chi connectivity index (χ0n) is 11.9. The molecule has 0 atom stereocenters. The van der Waals surface area contributed by atoms with E-state index in [4.69, 9.17) is 21.1 Å². The van der Waals surface area contributed by atoms with Crippen LogP contribution < -0.4 is 10.1 Å². The van der Waals surface area contributed by atoms with Crippen LogP contribution >= 0.6 is 11.6 Å². The average Bonchev–Trinajstić information content (AvgIpc) is 2.39. The van der Waals surface area contributed by atoms with Gasteiger partial charge in [0.15, 0.2) is 0 Å². The highest BCUT2D eigenvalue weighted by molar-refractivity contribution is 6.32. The van der Waals surface area contributed by atoms with Crippen molar-refractivity contribution in [3.05, 3.63) is 28.8 Å². The van der Waals surface area contributed by atoms with Crippen molar-refractivity contribution in [1.82, 2.24) is 5.32 Å². The zero-order valence-corrected chi connectivity index (χ0v) is 12.6. The van der Waals surface area contributed by atoms with Crippen molar-refractivity contribution in [2.75, 3.05) is 32.9 Å². The topological polar surface area (TPSA) is 30.5 Å². The summed E-state index contributed by atoms with van der Waals surface area (Å²) in [5.41, 5.74) is 1.14. The van der Waals surface area contributed by atoms with Crippen LogP contribution in [0.1, 0.15) is 25.3 Å². The Labute approximate surface area is 121 Å². The maximum atomic E-state index is 6.08. The SMILES string of the molecule is CCCCOCCNCCOc1ccc(C)cc1Cl. The van der Waals surface area contributed by atoms with Gasteiger partial charge in [0, 0.05) is 19.7 Å². The summed E-state index contributed by atoms with van der Waals surface area (Å²) in [4.78, 5) is 0. The first-order valence-corrected chi connectivity index (χ1v) is 7.29. The third-order valence-corrected chi connectivity index (χ3v) is 2.98. The van der Waals surface area contributed by atoms with Gasteiger partial charge in [0.1, 0.15) is 12.4 Å². The standard InChI is InChI=1S/C15H24ClNO2/c1-3-4-9-18-10-7-17-8-11-19-15-6-5-13(2)12-14(15)16/h5-6,12,17H,3-4,7-11H2,1-2H3. The second kappa shape index (κ2) is 10.1. The summed E-state index contributed by atoms with van der Waals surface area (Å²) in [7, 11) is 0. The fraction of sp³-hybridized carbons (Fsp3) is 0.600. The number of ether oxygens (including phenoxy) is 2. The molecule has 1 rings (SSSR count). The molecule has 1 N–H and O–H groups in total. The Morgan fingerprint density at radius 2 is 1.95 bits per heavy atom. The Balaban J connectivity index is 2.01. The van der Waals surface area contributed by atoms with E-state index >= 15 is 0 Å². The fourth-order valence-corrected chi connectivity index (χ4v) is 1.86. The fourth-order valence-electron chi connectivity index (χ4n) is 1.57. The van der Waals surface area contributed by atoms with Crippen molar-refractivity contribution >= 4 is 11.6 Å². The lowest BCUT2D eigenvalue weighted by Gasteiger charge is -2.09. The summed E-state index contributed by atoms with van der Waals surface area (Å²) >= 11 is 6.08. The van der Waals surface area contributed by atoms with Gasteiger partial charge < -0.3 is 14.8 Å². The molecule has 0 spiro atoms. The van der Waals surface area contributed by atoms with E-state index in [2.05, 4.69) is 12.2 Å². The minimum atomic E-state index is 0.609. The van der Waals surface area contributed by atoms with E-state index < -0.39 is 0 Å². The second-order valence-corrected chi connectivity index (χ2v) is 4.91. The summed E-state index contributed by atoms with van der Waals surface area (Å²) in [6.07, 6.45) is 2.31. The summed E-state index contributed by atoms with van der Waals surface area (Å²) in [5.74, 6) is 0.744. The number of hydrogen-bond acceptors (Lipinski definition) is 3. The lowest BCUT2D eigenvalue weighted by molar-refractivity contribution is 0.132. The van der Waals surface area contributed by atoms with Crippen molar-refractivity contribution < 1.29 is 9.47 Å². The predicted molar refractivity (Wildman–Crippen MR) is 80.3 cm³/mol. The molecule has 0 heterocycles. The molecule has 0 bridgehead atoms. The summed E-state index contributed by atoms with van der Waals surface area (Å²) < 4.78 is 11.0. The Hall–Kier alpha value is -0.770. The van der Waals surface area contributed by atoms with E-state index in [9.17, 15) is 0 Å². The van der Waals surface area contributed by atoms with Gasteiger partial charge in [-0.25, -0.2) is 0 Å². The smallest absolute Gasteiger partial charge is 0.137 e. The highest BCUT2D eigenvalue weighted by atomic mass is 35.5.